The van der Waals surface area contributed by atoms with Crippen LogP contribution in [0.3, 0.4) is 0 Å². The van der Waals surface area contributed by atoms with Crippen LogP contribution in [0.4, 0.5) is 0 Å². The number of nitrogens with one attached hydrogen (secondary N) is 1. The van der Waals surface area contributed by atoms with Gasteiger partial charge in [-0.2, -0.15) is 0 Å². The smallest absolute Gasteiger partial charge is 0.269 e. The second kappa shape index (κ2) is 11.1. The molecule has 7 rings (SSSR count). The van der Waals surface area contributed by atoms with Crippen molar-refractivity contribution in [2.45, 2.75) is 48.8 Å². The Bertz CT molecular complexity index is 1910. The lowest BCUT2D eigenvalue weighted by molar-refractivity contribution is -0.184. The monoisotopic (exact) mass is 653 g/mol. The van der Waals surface area contributed by atoms with E-state index in [4.69, 9.17) is 16.3 Å². The number of carbonyl (C=O) groups is 1. The zero-order valence-corrected chi connectivity index (χ0v) is 26.7. The number of carbonyl (C=O) groups excluding carboxylic acids is 1. The van der Waals surface area contributed by atoms with Crippen molar-refractivity contribution in [3.8, 4) is 10.4 Å². The van der Waals surface area contributed by atoms with Crippen LogP contribution in [0.1, 0.15) is 35.5 Å². The third-order valence-electron chi connectivity index (χ3n) is 8.74. The standard InChI is InChI=1S/C31H32ClN5O5S2/c1-18-5-7-20(8-6-18)44(40,41)37-25(19-9-10-33-23(12-19)28(38)24-4-3-11-36(24)2)13-21-27(22(32)14-34-29(21)37)26-15-35-30(43-26)31(39)16-42-17-31/h5-8,12-15,23-24,33,39H,3-4,9-11,16-17H2,1-2H3/t23?,24-/m0/s1. The third kappa shape index (κ3) is 4.93. The molecule has 2 atom stereocenters. The number of halogens is 1. The van der Waals surface area contributed by atoms with Gasteiger partial charge < -0.3 is 15.2 Å². The van der Waals surface area contributed by atoms with E-state index in [2.05, 4.69) is 20.2 Å². The van der Waals surface area contributed by atoms with Gasteiger partial charge in [-0.1, -0.05) is 35.4 Å². The van der Waals surface area contributed by atoms with Gasteiger partial charge in [0.05, 0.1) is 45.8 Å². The predicted molar refractivity (Wildman–Crippen MR) is 169 cm³/mol. The van der Waals surface area contributed by atoms with Gasteiger partial charge in [0.25, 0.3) is 10.0 Å². The summed E-state index contributed by atoms with van der Waals surface area (Å²) in [4.78, 5) is 25.4. The van der Waals surface area contributed by atoms with Crippen molar-refractivity contribution in [2.75, 3.05) is 33.4 Å². The minimum Gasteiger partial charge on any atom is -0.378 e. The highest BCUT2D eigenvalue weighted by Gasteiger charge is 2.41. The Morgan fingerprint density at radius 1 is 1.20 bits per heavy atom. The van der Waals surface area contributed by atoms with E-state index in [1.165, 1.54) is 21.5 Å². The number of aryl methyl sites for hydroxylation is 1. The number of ether oxygens (including phenoxy) is 1. The Morgan fingerprint density at radius 2 is 1.98 bits per heavy atom. The van der Waals surface area contributed by atoms with Gasteiger partial charge in [-0.05, 0) is 63.6 Å². The SMILES string of the molecule is Cc1ccc(S(=O)(=O)n2c(C3=CC(C(=O)[C@@H]4CCCN4C)NCC3)cc3c(-c4cnc(C5(O)COC5)s4)c(Cl)cnc32)cc1. The van der Waals surface area contributed by atoms with E-state index in [0.29, 0.717) is 44.5 Å². The quantitative estimate of drug-likeness (QED) is 0.305. The number of fused-ring (bicyclic) bond motifs is 1. The number of hydrogen-bond acceptors (Lipinski definition) is 10. The fourth-order valence-electron chi connectivity index (χ4n) is 6.24. The van der Waals surface area contributed by atoms with Gasteiger partial charge in [0.15, 0.2) is 17.0 Å². The fourth-order valence-corrected chi connectivity index (χ4v) is 9.09. The second-order valence-corrected chi connectivity index (χ2v) is 15.0. The van der Waals surface area contributed by atoms with E-state index in [0.717, 1.165) is 30.5 Å². The number of likely N-dealkylation sites (tertiary alicyclic amines) is 1. The number of pyridine rings is 1. The molecule has 3 aliphatic rings. The maximum atomic E-state index is 14.4. The Balaban J connectivity index is 1.42. The van der Waals surface area contributed by atoms with E-state index < -0.39 is 21.7 Å². The number of hydrogen-bond donors (Lipinski definition) is 2. The second-order valence-electron chi connectivity index (χ2n) is 11.8. The number of ketones is 1. The van der Waals surface area contributed by atoms with Crippen LogP contribution in [0.2, 0.25) is 5.02 Å². The van der Waals surface area contributed by atoms with Crippen LogP contribution in [0.25, 0.3) is 27.0 Å². The molecule has 13 heteroatoms. The topological polar surface area (TPSA) is 127 Å². The molecule has 3 aromatic heterocycles. The minimum atomic E-state index is -4.12. The molecule has 1 unspecified atom stereocenters. The summed E-state index contributed by atoms with van der Waals surface area (Å²) in [5.74, 6) is 0.0863. The first-order valence-corrected chi connectivity index (χ1v) is 17.2. The summed E-state index contributed by atoms with van der Waals surface area (Å²) in [7, 11) is -2.15. The first-order chi connectivity index (χ1) is 21.1. The zero-order valence-electron chi connectivity index (χ0n) is 24.3. The zero-order chi connectivity index (χ0) is 30.8. The Morgan fingerprint density at radius 3 is 2.66 bits per heavy atom. The molecule has 0 bridgehead atoms. The van der Waals surface area contributed by atoms with Gasteiger partial charge in [-0.3, -0.25) is 9.69 Å². The lowest BCUT2D eigenvalue weighted by atomic mass is 9.95. The van der Waals surface area contributed by atoms with E-state index in [1.807, 2.05) is 20.0 Å². The number of benzene rings is 1. The number of aliphatic hydroxyl groups is 1. The van der Waals surface area contributed by atoms with Crippen LogP contribution >= 0.6 is 22.9 Å². The number of Topliss-reactive ketones (excluding diaryl/α,β-unsaturated/α-hetero) is 1. The summed E-state index contributed by atoms with van der Waals surface area (Å²) in [5.41, 5.74) is 1.77. The Labute approximate surface area is 264 Å². The first-order valence-electron chi connectivity index (χ1n) is 14.5. The molecule has 2 saturated heterocycles. The molecule has 44 heavy (non-hydrogen) atoms. The maximum Gasteiger partial charge on any atom is 0.269 e. The molecule has 0 radical (unpaired) electrons. The third-order valence-corrected chi connectivity index (χ3v) is 12.0. The van der Waals surface area contributed by atoms with Crippen LogP contribution in [-0.4, -0.2) is 83.6 Å². The van der Waals surface area contributed by atoms with Gasteiger partial charge in [0.2, 0.25) is 0 Å². The molecular formula is C31H32ClN5O5S2. The van der Waals surface area contributed by atoms with Crippen LogP contribution in [-0.2, 0) is 25.2 Å². The highest BCUT2D eigenvalue weighted by atomic mass is 35.5. The summed E-state index contributed by atoms with van der Waals surface area (Å²) in [6, 6.07) is 7.80. The number of rotatable bonds is 7. The molecule has 6 heterocycles. The molecular weight excluding hydrogens is 622 g/mol. The molecule has 0 saturated carbocycles. The molecule has 2 N–H and O–H groups in total. The van der Waals surface area contributed by atoms with Crippen LogP contribution < -0.4 is 5.32 Å². The van der Waals surface area contributed by atoms with Gasteiger partial charge in [-0.25, -0.2) is 22.4 Å². The molecule has 0 spiro atoms. The number of nitrogens with zero attached hydrogens (tertiary/aromatic N) is 4. The lowest BCUT2D eigenvalue weighted by Gasteiger charge is -2.34. The molecule has 2 fully saturated rings. The van der Waals surface area contributed by atoms with E-state index in [-0.39, 0.29) is 35.6 Å². The highest BCUT2D eigenvalue weighted by molar-refractivity contribution is 7.90. The van der Waals surface area contributed by atoms with Crippen molar-refractivity contribution in [1.82, 2.24) is 24.2 Å². The summed E-state index contributed by atoms with van der Waals surface area (Å²) in [5, 5.41) is 15.5. The van der Waals surface area contributed by atoms with E-state index >= 15 is 0 Å². The Hall–Kier alpha value is -2.97. The average Bonchev–Trinajstić information content (AvgIpc) is 3.75. The van der Waals surface area contributed by atoms with Gasteiger partial charge in [0.1, 0.15) is 5.01 Å². The van der Waals surface area contributed by atoms with Crippen molar-refractivity contribution in [2.24, 2.45) is 0 Å². The van der Waals surface area contributed by atoms with Gasteiger partial charge >= 0.3 is 0 Å². The van der Waals surface area contributed by atoms with E-state index in [1.54, 1.807) is 36.5 Å². The lowest BCUT2D eigenvalue weighted by Crippen LogP contribution is -2.47. The Kier molecular flexibility index (Phi) is 7.52. The summed E-state index contributed by atoms with van der Waals surface area (Å²) in [6.45, 7) is 3.62. The average molecular weight is 654 g/mol. The predicted octanol–water partition coefficient (Wildman–Crippen LogP) is 3.99. The maximum absolute atomic E-state index is 14.4. The van der Waals surface area contributed by atoms with Crippen molar-refractivity contribution >= 4 is 55.4 Å². The normalized spacial score (nSPS) is 22.2. The van der Waals surface area contributed by atoms with Gasteiger partial charge in [-0.15, -0.1) is 11.3 Å². The molecule has 4 aromatic rings. The summed E-state index contributed by atoms with van der Waals surface area (Å²) in [6.07, 6.45) is 7.25. The number of likely N-dealkylation sites (N-methyl/N-ethyl adjacent to an activating group) is 1. The first kappa shape index (κ1) is 29.7. The summed E-state index contributed by atoms with van der Waals surface area (Å²) < 4.78 is 35.3. The van der Waals surface area contributed by atoms with Crippen molar-refractivity contribution < 1.29 is 23.1 Å². The molecule has 0 amide bonds. The number of aromatic nitrogens is 3. The molecule has 230 valence electrons. The molecule has 10 nitrogen and oxygen atoms in total. The molecule has 3 aliphatic heterocycles. The van der Waals surface area contributed by atoms with Crippen molar-refractivity contribution in [1.29, 1.82) is 0 Å². The van der Waals surface area contributed by atoms with Gasteiger partial charge in [0, 0.05) is 29.9 Å². The van der Waals surface area contributed by atoms with Crippen molar-refractivity contribution in [3.05, 3.63) is 70.1 Å². The molecule has 0 aliphatic carbocycles. The number of thiazole rings is 1. The highest BCUT2D eigenvalue weighted by Crippen LogP contribution is 2.43. The summed E-state index contributed by atoms with van der Waals surface area (Å²) >= 11 is 8.04. The van der Waals surface area contributed by atoms with Crippen LogP contribution in [0, 0.1) is 6.92 Å². The van der Waals surface area contributed by atoms with Crippen molar-refractivity contribution in [3.63, 3.8) is 0 Å². The largest absolute Gasteiger partial charge is 0.378 e. The van der Waals surface area contributed by atoms with E-state index in [9.17, 15) is 18.3 Å². The van der Waals surface area contributed by atoms with Crippen LogP contribution in [0.15, 0.2) is 53.7 Å². The molecule has 1 aromatic carbocycles. The minimum absolute atomic E-state index is 0.0863. The van der Waals surface area contributed by atoms with Crippen LogP contribution in [0.5, 0.6) is 0 Å². The fraction of sp³-hybridized carbons (Fsp3) is 0.387.